The maximum Gasteiger partial charge on any atom is 0.249 e. The monoisotopic (exact) mass is 561 g/mol. The number of carbonyl (C=O) groups excluding carboxylic acids is 1. The summed E-state index contributed by atoms with van der Waals surface area (Å²) in [6.45, 7) is -0.0967. The third-order valence-electron chi connectivity index (χ3n) is 7.45. The van der Waals surface area contributed by atoms with E-state index >= 15 is 4.39 Å². The second-order valence-corrected chi connectivity index (χ2v) is 9.76. The summed E-state index contributed by atoms with van der Waals surface area (Å²) in [5, 5.41) is 9.84. The fourth-order valence-electron chi connectivity index (χ4n) is 5.13. The van der Waals surface area contributed by atoms with Crippen molar-refractivity contribution in [3.8, 4) is 17.6 Å². The Hall–Kier alpha value is -3.75. The number of nitrogens with zero attached hydrogens (tertiary/aromatic N) is 2. The number of alkyl halides is 2. The molecule has 6 nitrogen and oxygen atoms in total. The van der Waals surface area contributed by atoms with Crippen molar-refractivity contribution in [2.75, 3.05) is 26.7 Å². The molecule has 2 aromatic carbocycles. The molecule has 0 radical (unpaired) electrons. The van der Waals surface area contributed by atoms with E-state index in [4.69, 9.17) is 4.74 Å². The van der Waals surface area contributed by atoms with E-state index in [1.165, 1.54) is 13.3 Å². The first-order chi connectivity index (χ1) is 19.2. The van der Waals surface area contributed by atoms with Crippen molar-refractivity contribution in [2.24, 2.45) is 5.41 Å². The number of methoxy groups -OCH3 is 1. The number of hydrogen-bond donors (Lipinski definition) is 2. The standard InChI is InChI=1S/C29H28F5N3O3/c1-40-20-4-5-26-22(15-20)27(18(16-30)17-35-26)23(32)6-7-29(28(38)36-39)8-11-37(12-9-29)10-2-3-21-24(33)13-19(31)14-25(21)34/h4-5,13-15,17,23,39H,6-12,16H2,1H3,(H,36,38)/t23-/m1/s1. The molecule has 0 bridgehead atoms. The summed E-state index contributed by atoms with van der Waals surface area (Å²) < 4.78 is 75.6. The van der Waals surface area contributed by atoms with Crippen LogP contribution in [-0.2, 0) is 11.5 Å². The maximum atomic E-state index is 15.8. The number of hydrogen-bond acceptors (Lipinski definition) is 5. The van der Waals surface area contributed by atoms with Gasteiger partial charge in [0.25, 0.3) is 0 Å². The first-order valence-electron chi connectivity index (χ1n) is 12.7. The third kappa shape index (κ3) is 6.18. The van der Waals surface area contributed by atoms with Crippen molar-refractivity contribution in [3.05, 3.63) is 70.7 Å². The molecule has 4 rings (SSSR count). The van der Waals surface area contributed by atoms with Crippen LogP contribution in [0.15, 0.2) is 36.5 Å². The SMILES string of the molecule is COc1ccc2ncc(CF)c([C@H](F)CCC3(C(=O)NO)CCN(CC#Cc4c(F)cc(F)cc4F)CC3)c2c1. The van der Waals surface area contributed by atoms with Gasteiger partial charge in [0.05, 0.1) is 30.1 Å². The molecule has 0 unspecified atom stereocenters. The number of ether oxygens (including phenoxy) is 1. The number of hydroxylamine groups is 1. The number of pyridine rings is 1. The van der Waals surface area contributed by atoms with E-state index in [9.17, 15) is 27.6 Å². The zero-order valence-electron chi connectivity index (χ0n) is 21.7. The molecule has 2 N–H and O–H groups in total. The summed E-state index contributed by atoms with van der Waals surface area (Å²) >= 11 is 0. The van der Waals surface area contributed by atoms with E-state index in [2.05, 4.69) is 16.8 Å². The number of fused-ring (bicyclic) bond motifs is 1. The van der Waals surface area contributed by atoms with Crippen LogP contribution >= 0.6 is 0 Å². The quantitative estimate of drug-likeness (QED) is 0.163. The topological polar surface area (TPSA) is 74.7 Å². The molecule has 1 fully saturated rings. The number of amides is 1. The lowest BCUT2D eigenvalue weighted by atomic mass is 9.73. The van der Waals surface area contributed by atoms with Gasteiger partial charge in [-0.3, -0.25) is 19.9 Å². The molecular weight excluding hydrogens is 533 g/mol. The summed E-state index contributed by atoms with van der Waals surface area (Å²) in [4.78, 5) is 18.8. The van der Waals surface area contributed by atoms with Crippen LogP contribution in [0.5, 0.6) is 5.75 Å². The van der Waals surface area contributed by atoms with Crippen LogP contribution < -0.4 is 10.2 Å². The molecule has 0 spiro atoms. The highest BCUT2D eigenvalue weighted by atomic mass is 19.2. The lowest BCUT2D eigenvalue weighted by Crippen LogP contribution is -2.48. The molecule has 212 valence electrons. The average Bonchev–Trinajstić information content (AvgIpc) is 2.96. The van der Waals surface area contributed by atoms with Gasteiger partial charge < -0.3 is 4.74 Å². The van der Waals surface area contributed by atoms with Gasteiger partial charge in [0, 0.05) is 47.9 Å². The Balaban J connectivity index is 1.47. The number of halogens is 5. The number of benzene rings is 2. The maximum absolute atomic E-state index is 15.8. The van der Waals surface area contributed by atoms with Crippen molar-refractivity contribution in [3.63, 3.8) is 0 Å². The Labute approximate surface area is 228 Å². The van der Waals surface area contributed by atoms with E-state index in [0.29, 0.717) is 41.9 Å². The summed E-state index contributed by atoms with van der Waals surface area (Å²) in [5.41, 5.74) is 0.813. The van der Waals surface area contributed by atoms with Crippen molar-refractivity contribution >= 4 is 16.8 Å². The van der Waals surface area contributed by atoms with Crippen molar-refractivity contribution in [2.45, 2.75) is 38.5 Å². The number of carbonyl (C=O) groups is 1. The highest BCUT2D eigenvalue weighted by Crippen LogP contribution is 2.41. The molecule has 3 aromatic rings. The van der Waals surface area contributed by atoms with Gasteiger partial charge >= 0.3 is 0 Å². The minimum atomic E-state index is -1.61. The van der Waals surface area contributed by atoms with Gasteiger partial charge in [-0.05, 0) is 43.9 Å². The molecule has 1 aliphatic heterocycles. The molecule has 1 saturated heterocycles. The average molecular weight is 562 g/mol. The number of nitrogens with one attached hydrogen (secondary N) is 1. The van der Waals surface area contributed by atoms with Crippen LogP contribution in [0.2, 0.25) is 0 Å². The molecule has 1 atom stereocenters. The van der Waals surface area contributed by atoms with Crippen molar-refractivity contribution in [1.29, 1.82) is 0 Å². The number of rotatable bonds is 8. The molecule has 2 heterocycles. The molecule has 1 aromatic heterocycles. The smallest absolute Gasteiger partial charge is 0.249 e. The molecule has 1 aliphatic rings. The van der Waals surface area contributed by atoms with Crippen molar-refractivity contribution in [1.82, 2.24) is 15.4 Å². The van der Waals surface area contributed by atoms with E-state index in [1.807, 2.05) is 4.90 Å². The third-order valence-corrected chi connectivity index (χ3v) is 7.45. The van der Waals surface area contributed by atoms with Crippen LogP contribution in [0.1, 0.15) is 48.5 Å². The fraction of sp³-hybridized carbons (Fsp3) is 0.379. The highest BCUT2D eigenvalue weighted by molar-refractivity contribution is 5.85. The first-order valence-corrected chi connectivity index (χ1v) is 12.7. The zero-order chi connectivity index (χ0) is 28.9. The normalized spacial score (nSPS) is 15.8. The second kappa shape index (κ2) is 12.6. The summed E-state index contributed by atoms with van der Waals surface area (Å²) in [6, 6.07) is 6.03. The Morgan fingerprint density at radius 2 is 1.90 bits per heavy atom. The molecule has 0 aliphatic carbocycles. The van der Waals surface area contributed by atoms with Crippen LogP contribution in [0.3, 0.4) is 0 Å². The van der Waals surface area contributed by atoms with Gasteiger partial charge in [-0.1, -0.05) is 11.8 Å². The van der Waals surface area contributed by atoms with Crippen LogP contribution in [0.25, 0.3) is 10.9 Å². The summed E-state index contributed by atoms with van der Waals surface area (Å²) in [6.07, 6.45) is 0.166. The molecule has 11 heteroatoms. The van der Waals surface area contributed by atoms with Crippen LogP contribution in [0, 0.1) is 34.7 Å². The number of piperidine rings is 1. The Bertz CT molecular complexity index is 1420. The Morgan fingerprint density at radius 1 is 1.20 bits per heavy atom. The lowest BCUT2D eigenvalue weighted by molar-refractivity contribution is -0.143. The van der Waals surface area contributed by atoms with Gasteiger partial charge in [-0.25, -0.2) is 27.4 Å². The van der Waals surface area contributed by atoms with E-state index in [1.54, 1.807) is 23.7 Å². The van der Waals surface area contributed by atoms with Gasteiger partial charge in [0.2, 0.25) is 5.91 Å². The number of aromatic nitrogens is 1. The Kier molecular flexibility index (Phi) is 9.22. The molecule has 1 amide bonds. The Morgan fingerprint density at radius 3 is 2.52 bits per heavy atom. The summed E-state index contributed by atoms with van der Waals surface area (Å²) in [5.74, 6) is 1.63. The van der Waals surface area contributed by atoms with Gasteiger partial charge in [-0.2, -0.15) is 0 Å². The van der Waals surface area contributed by atoms with Gasteiger partial charge in [0.1, 0.15) is 36.0 Å². The molecular formula is C29H28F5N3O3. The zero-order valence-corrected chi connectivity index (χ0v) is 21.7. The largest absolute Gasteiger partial charge is 0.497 e. The van der Waals surface area contributed by atoms with Gasteiger partial charge in [-0.15, -0.1) is 0 Å². The fourth-order valence-corrected chi connectivity index (χ4v) is 5.13. The highest BCUT2D eigenvalue weighted by Gasteiger charge is 2.41. The predicted molar refractivity (Wildman–Crippen MR) is 137 cm³/mol. The number of likely N-dealkylation sites (tertiary alicyclic amines) is 1. The molecule has 40 heavy (non-hydrogen) atoms. The summed E-state index contributed by atoms with van der Waals surface area (Å²) in [7, 11) is 1.47. The predicted octanol–water partition coefficient (Wildman–Crippen LogP) is 5.56. The minimum absolute atomic E-state index is 0.0750. The van der Waals surface area contributed by atoms with E-state index < -0.39 is 47.2 Å². The van der Waals surface area contributed by atoms with E-state index in [-0.39, 0.29) is 43.4 Å². The minimum Gasteiger partial charge on any atom is -0.497 e. The van der Waals surface area contributed by atoms with Crippen LogP contribution in [0.4, 0.5) is 22.0 Å². The van der Waals surface area contributed by atoms with Crippen molar-refractivity contribution < 1.29 is 36.7 Å². The van der Waals surface area contributed by atoms with E-state index in [0.717, 1.165) is 0 Å². The first kappa shape index (κ1) is 29.2. The molecule has 0 saturated carbocycles. The second-order valence-electron chi connectivity index (χ2n) is 9.76. The van der Waals surface area contributed by atoms with Crippen LogP contribution in [-0.4, -0.2) is 47.7 Å². The lowest BCUT2D eigenvalue weighted by Gasteiger charge is -2.40. The van der Waals surface area contributed by atoms with Gasteiger partial charge in [0.15, 0.2) is 0 Å².